The summed E-state index contributed by atoms with van der Waals surface area (Å²) in [6.45, 7) is 0. The van der Waals surface area contributed by atoms with Crippen molar-refractivity contribution in [3.63, 3.8) is 0 Å². The maximum atomic E-state index is 12.9. The van der Waals surface area contributed by atoms with Gasteiger partial charge in [0.1, 0.15) is 0 Å². The number of hydrogen-bond acceptors (Lipinski definition) is 2. The number of amides is 2. The lowest BCUT2D eigenvalue weighted by Crippen LogP contribution is -2.40. The predicted octanol–water partition coefficient (Wildman–Crippen LogP) is 2.90. The lowest BCUT2D eigenvalue weighted by atomic mass is 9.63. The molecule has 0 spiro atoms. The maximum Gasteiger partial charge on any atom is 0.238 e. The minimum Gasteiger partial charge on any atom is -0.274 e. The van der Waals surface area contributed by atoms with Gasteiger partial charge in [-0.05, 0) is 42.2 Å². The number of para-hydroxylation sites is 1. The number of carbonyl (C=O) groups excluding carboxylic acids is 2. The molecular formula is C17H14ClNO2. The molecule has 4 aliphatic carbocycles. The van der Waals surface area contributed by atoms with E-state index in [0.29, 0.717) is 22.5 Å². The Hall–Kier alpha value is -1.61. The molecule has 1 aliphatic heterocycles. The number of anilines is 1. The summed E-state index contributed by atoms with van der Waals surface area (Å²) < 4.78 is 0. The largest absolute Gasteiger partial charge is 0.274 e. The van der Waals surface area contributed by atoms with Crippen molar-refractivity contribution in [3.05, 3.63) is 41.4 Å². The van der Waals surface area contributed by atoms with Gasteiger partial charge in [-0.2, -0.15) is 0 Å². The summed E-state index contributed by atoms with van der Waals surface area (Å²) in [6.07, 6.45) is 5.55. The van der Waals surface area contributed by atoms with E-state index in [9.17, 15) is 9.59 Å². The van der Waals surface area contributed by atoms with Crippen molar-refractivity contribution in [3.8, 4) is 0 Å². The van der Waals surface area contributed by atoms with Gasteiger partial charge in [0.25, 0.3) is 0 Å². The highest BCUT2D eigenvalue weighted by Crippen LogP contribution is 2.65. The monoisotopic (exact) mass is 299 g/mol. The second-order valence-corrected chi connectivity index (χ2v) is 7.03. The molecule has 0 N–H and O–H groups in total. The third-order valence-electron chi connectivity index (χ3n) is 5.76. The van der Waals surface area contributed by atoms with Gasteiger partial charge in [0.15, 0.2) is 0 Å². The third kappa shape index (κ3) is 1.35. The van der Waals surface area contributed by atoms with Gasteiger partial charge in [-0.25, -0.2) is 4.90 Å². The summed E-state index contributed by atoms with van der Waals surface area (Å²) in [5.41, 5.74) is 0.539. The summed E-state index contributed by atoms with van der Waals surface area (Å²) in [5, 5.41) is 0.461. The third-order valence-corrected chi connectivity index (χ3v) is 6.08. The van der Waals surface area contributed by atoms with Gasteiger partial charge < -0.3 is 0 Å². The number of benzene rings is 1. The molecule has 0 radical (unpaired) electrons. The molecule has 0 unspecified atom stereocenters. The van der Waals surface area contributed by atoms with Crippen LogP contribution in [0.25, 0.3) is 0 Å². The Morgan fingerprint density at radius 2 is 1.52 bits per heavy atom. The maximum absolute atomic E-state index is 12.9. The van der Waals surface area contributed by atoms with Crippen molar-refractivity contribution in [1.29, 1.82) is 0 Å². The van der Waals surface area contributed by atoms with Crippen LogP contribution in [0.2, 0.25) is 5.02 Å². The highest BCUT2D eigenvalue weighted by molar-refractivity contribution is 6.36. The molecule has 1 heterocycles. The van der Waals surface area contributed by atoms with Crippen LogP contribution in [0.3, 0.4) is 0 Å². The lowest BCUT2D eigenvalue weighted by Gasteiger charge is -2.37. The molecule has 21 heavy (non-hydrogen) atoms. The molecule has 5 aliphatic rings. The average molecular weight is 300 g/mol. The Kier molecular flexibility index (Phi) is 2.15. The number of nitrogens with zero attached hydrogens (tertiary/aromatic N) is 1. The topological polar surface area (TPSA) is 37.4 Å². The van der Waals surface area contributed by atoms with Gasteiger partial charge in [-0.1, -0.05) is 35.9 Å². The highest BCUT2D eigenvalue weighted by Gasteiger charge is 2.67. The second kappa shape index (κ2) is 3.77. The molecule has 4 heteroatoms. The summed E-state index contributed by atoms with van der Waals surface area (Å²) >= 11 is 6.20. The van der Waals surface area contributed by atoms with Crippen LogP contribution < -0.4 is 4.90 Å². The summed E-state index contributed by atoms with van der Waals surface area (Å²) in [5.74, 6) is 1.35. The molecule has 2 bridgehead atoms. The number of imide groups is 1. The quantitative estimate of drug-likeness (QED) is 0.591. The van der Waals surface area contributed by atoms with Crippen LogP contribution in [0.15, 0.2) is 36.4 Å². The van der Waals surface area contributed by atoms with Gasteiger partial charge >= 0.3 is 0 Å². The van der Waals surface area contributed by atoms with E-state index in [0.717, 1.165) is 0 Å². The van der Waals surface area contributed by atoms with Gasteiger partial charge in [0, 0.05) is 0 Å². The van der Waals surface area contributed by atoms with Crippen LogP contribution in [-0.4, -0.2) is 11.8 Å². The van der Waals surface area contributed by atoms with Crippen molar-refractivity contribution in [2.45, 2.75) is 6.42 Å². The van der Waals surface area contributed by atoms with Crippen molar-refractivity contribution >= 4 is 29.1 Å². The molecule has 2 amide bonds. The van der Waals surface area contributed by atoms with E-state index in [1.54, 1.807) is 12.1 Å². The molecular weight excluding hydrogens is 286 g/mol. The molecule has 2 saturated carbocycles. The Labute approximate surface area is 127 Å². The van der Waals surface area contributed by atoms with Crippen LogP contribution >= 0.6 is 11.6 Å². The fraction of sp³-hybridized carbons (Fsp3) is 0.412. The minimum absolute atomic E-state index is 0.0530. The number of halogens is 1. The first kappa shape index (κ1) is 12.0. The summed E-state index contributed by atoms with van der Waals surface area (Å²) in [4.78, 5) is 27.1. The van der Waals surface area contributed by atoms with E-state index >= 15 is 0 Å². The number of hydrogen-bond donors (Lipinski definition) is 0. The molecule has 1 aromatic carbocycles. The number of carbonyl (C=O) groups is 2. The predicted molar refractivity (Wildman–Crippen MR) is 78.6 cm³/mol. The molecule has 6 atom stereocenters. The molecule has 6 rings (SSSR count). The Morgan fingerprint density at radius 1 is 0.952 bits per heavy atom. The first-order valence-electron chi connectivity index (χ1n) is 7.49. The SMILES string of the molecule is O=C1[C@@H]2[C@@H]3C=C[C@@H]([C@@H]4C[C@H]34)[C@@H]2C(=O)N1c1ccccc1Cl. The fourth-order valence-corrected chi connectivity index (χ4v) is 5.05. The van der Waals surface area contributed by atoms with Crippen molar-refractivity contribution in [2.24, 2.45) is 35.5 Å². The summed E-state index contributed by atoms with van der Waals surface area (Å²) in [7, 11) is 0. The van der Waals surface area contributed by atoms with E-state index < -0.39 is 0 Å². The minimum atomic E-state index is -0.160. The molecule has 1 saturated heterocycles. The van der Waals surface area contributed by atoms with Gasteiger partial charge in [-0.3, -0.25) is 9.59 Å². The first-order valence-corrected chi connectivity index (χ1v) is 7.87. The van der Waals surface area contributed by atoms with Crippen molar-refractivity contribution in [1.82, 2.24) is 0 Å². The fourth-order valence-electron chi connectivity index (χ4n) is 4.83. The average Bonchev–Trinajstić information content (AvgIpc) is 3.26. The zero-order valence-corrected chi connectivity index (χ0v) is 12.0. The van der Waals surface area contributed by atoms with E-state index in [4.69, 9.17) is 11.6 Å². The van der Waals surface area contributed by atoms with Crippen LogP contribution in [0.4, 0.5) is 5.69 Å². The molecule has 3 fully saturated rings. The lowest BCUT2D eigenvalue weighted by molar-refractivity contribution is -0.124. The molecule has 1 aromatic rings. The normalized spacial score (nSPS) is 42.2. The van der Waals surface area contributed by atoms with Crippen molar-refractivity contribution < 1.29 is 9.59 Å². The zero-order valence-electron chi connectivity index (χ0n) is 11.3. The number of allylic oxidation sites excluding steroid dienone is 2. The van der Waals surface area contributed by atoms with Crippen LogP contribution in [0, 0.1) is 35.5 Å². The van der Waals surface area contributed by atoms with Gasteiger partial charge in [0.2, 0.25) is 11.8 Å². The van der Waals surface area contributed by atoms with Gasteiger partial charge in [-0.15, -0.1) is 0 Å². The Balaban J connectivity index is 1.62. The zero-order chi connectivity index (χ0) is 14.3. The highest BCUT2D eigenvalue weighted by atomic mass is 35.5. The van der Waals surface area contributed by atoms with Crippen LogP contribution in [0.5, 0.6) is 0 Å². The first-order chi connectivity index (χ1) is 10.2. The summed E-state index contributed by atoms with van der Waals surface area (Å²) in [6, 6.07) is 7.10. The van der Waals surface area contributed by atoms with Gasteiger partial charge in [0.05, 0.1) is 22.5 Å². The smallest absolute Gasteiger partial charge is 0.238 e. The van der Waals surface area contributed by atoms with Crippen LogP contribution in [0.1, 0.15) is 6.42 Å². The van der Waals surface area contributed by atoms with E-state index in [2.05, 4.69) is 12.2 Å². The van der Waals surface area contributed by atoms with E-state index in [1.165, 1.54) is 11.3 Å². The van der Waals surface area contributed by atoms with E-state index in [1.807, 2.05) is 12.1 Å². The molecule has 3 nitrogen and oxygen atoms in total. The van der Waals surface area contributed by atoms with E-state index in [-0.39, 0.29) is 35.5 Å². The van der Waals surface area contributed by atoms with Crippen molar-refractivity contribution in [2.75, 3.05) is 4.90 Å². The molecule has 106 valence electrons. The standard InChI is InChI=1S/C17H14ClNO2/c18-12-3-1-2-4-13(12)19-16(20)14-8-5-6-9(11-7-10(8)11)15(14)17(19)21/h1-6,8-11,14-15H,7H2/t8-,9+,10-,11+,14-,15+. The van der Waals surface area contributed by atoms with Crippen LogP contribution in [-0.2, 0) is 9.59 Å². The molecule has 0 aromatic heterocycles. The Morgan fingerprint density at radius 3 is 2.10 bits per heavy atom. The second-order valence-electron chi connectivity index (χ2n) is 6.62. The number of rotatable bonds is 1. The Bertz CT molecular complexity index is 676.